The number of benzene rings is 1. The third-order valence-corrected chi connectivity index (χ3v) is 5.81. The number of hydrogen-bond acceptors (Lipinski definition) is 6. The van der Waals surface area contributed by atoms with Gasteiger partial charge in [-0.05, 0) is 44.9 Å². The molecule has 0 aliphatic heterocycles. The van der Waals surface area contributed by atoms with Crippen LogP contribution in [-0.4, -0.2) is 38.0 Å². The lowest BCUT2D eigenvalue weighted by molar-refractivity contribution is 0.317. The summed E-state index contributed by atoms with van der Waals surface area (Å²) in [5.41, 5.74) is 0.632. The lowest BCUT2D eigenvalue weighted by Gasteiger charge is -2.14. The maximum absolute atomic E-state index is 12.7. The van der Waals surface area contributed by atoms with Crippen LogP contribution in [0.1, 0.15) is 38.3 Å². The Hall–Kier alpha value is -2.39. The van der Waals surface area contributed by atoms with Crippen LogP contribution in [0.4, 0.5) is 0 Å². The minimum absolute atomic E-state index is 0.0323. The van der Waals surface area contributed by atoms with Gasteiger partial charge in [0.2, 0.25) is 10.0 Å². The quantitative estimate of drug-likeness (QED) is 0.646. The van der Waals surface area contributed by atoms with Crippen molar-refractivity contribution in [2.75, 3.05) is 19.8 Å². The number of nitrogens with one attached hydrogen (secondary N) is 1. The number of aromatic nitrogens is 2. The van der Waals surface area contributed by atoms with E-state index in [4.69, 9.17) is 9.47 Å². The molecule has 1 fully saturated rings. The molecule has 0 bridgehead atoms. The van der Waals surface area contributed by atoms with Gasteiger partial charge < -0.3 is 9.47 Å². The molecule has 152 valence electrons. The molecule has 2 aromatic rings. The number of nitrogens with zero attached hydrogens (tertiary/aromatic N) is 2. The Bertz CT molecular complexity index is 983. The predicted molar refractivity (Wildman–Crippen MR) is 104 cm³/mol. The standard InChI is InChI=1S/C19H25N3O5S/c1-3-26-15-7-9-18(17(13-15)27-4-2)28(24,25)20-11-12-22-19(23)10-8-16(21-22)14-5-6-14/h7-10,13-14,20H,3-6,11-12H2,1-2H3. The fraction of sp³-hybridized carbons (Fsp3) is 0.474. The van der Waals surface area contributed by atoms with Crippen LogP contribution in [-0.2, 0) is 16.6 Å². The molecule has 0 atom stereocenters. The second-order valence-corrected chi connectivity index (χ2v) is 8.20. The maximum atomic E-state index is 12.7. The SMILES string of the molecule is CCOc1ccc(S(=O)(=O)NCCn2nc(C3CC3)ccc2=O)c(OCC)c1. The number of ether oxygens (including phenoxy) is 2. The Balaban J connectivity index is 1.72. The van der Waals surface area contributed by atoms with Gasteiger partial charge in [0.1, 0.15) is 16.4 Å². The highest BCUT2D eigenvalue weighted by molar-refractivity contribution is 7.89. The summed E-state index contributed by atoms with van der Waals surface area (Å²) in [6.07, 6.45) is 2.16. The predicted octanol–water partition coefficient (Wildman–Crippen LogP) is 1.90. The third kappa shape index (κ3) is 4.90. The first kappa shape index (κ1) is 20.3. The van der Waals surface area contributed by atoms with E-state index in [1.807, 2.05) is 6.92 Å². The van der Waals surface area contributed by atoms with Crippen LogP contribution in [0, 0.1) is 0 Å². The molecule has 8 nitrogen and oxygen atoms in total. The lowest BCUT2D eigenvalue weighted by atomic mass is 10.3. The van der Waals surface area contributed by atoms with Gasteiger partial charge in [0, 0.05) is 24.6 Å². The molecule has 1 saturated carbocycles. The van der Waals surface area contributed by atoms with Crippen molar-refractivity contribution in [3.63, 3.8) is 0 Å². The Morgan fingerprint density at radius 3 is 2.57 bits per heavy atom. The molecular weight excluding hydrogens is 382 g/mol. The van der Waals surface area contributed by atoms with Gasteiger partial charge in [-0.15, -0.1) is 0 Å². The van der Waals surface area contributed by atoms with Gasteiger partial charge in [-0.25, -0.2) is 17.8 Å². The lowest BCUT2D eigenvalue weighted by Crippen LogP contribution is -2.32. The molecule has 0 spiro atoms. The van der Waals surface area contributed by atoms with Crippen molar-refractivity contribution in [3.05, 3.63) is 46.4 Å². The molecule has 0 saturated heterocycles. The number of hydrogen-bond donors (Lipinski definition) is 1. The fourth-order valence-corrected chi connectivity index (χ4v) is 3.97. The summed E-state index contributed by atoms with van der Waals surface area (Å²) in [4.78, 5) is 12.0. The van der Waals surface area contributed by atoms with E-state index >= 15 is 0 Å². The first-order chi connectivity index (χ1) is 13.4. The summed E-state index contributed by atoms with van der Waals surface area (Å²) >= 11 is 0. The molecule has 3 rings (SSSR count). The van der Waals surface area contributed by atoms with Crippen LogP contribution < -0.4 is 19.8 Å². The summed E-state index contributed by atoms with van der Waals surface area (Å²) < 4.78 is 40.1. The van der Waals surface area contributed by atoms with Crippen LogP contribution in [0.15, 0.2) is 40.0 Å². The van der Waals surface area contributed by atoms with Crippen molar-refractivity contribution < 1.29 is 17.9 Å². The van der Waals surface area contributed by atoms with Crippen molar-refractivity contribution in [1.29, 1.82) is 0 Å². The first-order valence-electron chi connectivity index (χ1n) is 9.42. The average molecular weight is 407 g/mol. The van der Waals surface area contributed by atoms with E-state index in [0.717, 1.165) is 18.5 Å². The second kappa shape index (κ2) is 8.74. The van der Waals surface area contributed by atoms with E-state index in [1.165, 1.54) is 16.8 Å². The third-order valence-electron chi connectivity index (χ3n) is 4.31. The normalized spacial score (nSPS) is 14.1. The van der Waals surface area contributed by atoms with E-state index in [-0.39, 0.29) is 29.3 Å². The van der Waals surface area contributed by atoms with Crippen molar-refractivity contribution in [3.8, 4) is 11.5 Å². The first-order valence-corrected chi connectivity index (χ1v) is 10.9. The van der Waals surface area contributed by atoms with E-state index in [0.29, 0.717) is 24.9 Å². The maximum Gasteiger partial charge on any atom is 0.266 e. The van der Waals surface area contributed by atoms with Crippen LogP contribution >= 0.6 is 0 Å². The van der Waals surface area contributed by atoms with E-state index < -0.39 is 10.0 Å². The highest BCUT2D eigenvalue weighted by Gasteiger charge is 2.25. The molecule has 0 unspecified atom stereocenters. The molecule has 1 aromatic carbocycles. The fourth-order valence-electron chi connectivity index (χ4n) is 2.82. The number of rotatable bonds is 10. The topological polar surface area (TPSA) is 99.5 Å². The summed E-state index contributed by atoms with van der Waals surface area (Å²) in [6.45, 7) is 4.62. The Kier molecular flexibility index (Phi) is 6.35. The van der Waals surface area contributed by atoms with Crippen molar-refractivity contribution in [1.82, 2.24) is 14.5 Å². The monoisotopic (exact) mass is 407 g/mol. The van der Waals surface area contributed by atoms with Crippen LogP contribution in [0.2, 0.25) is 0 Å². The molecule has 28 heavy (non-hydrogen) atoms. The van der Waals surface area contributed by atoms with Gasteiger partial charge in [-0.2, -0.15) is 5.10 Å². The molecule has 1 heterocycles. The molecule has 1 N–H and O–H groups in total. The second-order valence-electron chi connectivity index (χ2n) is 6.47. The van der Waals surface area contributed by atoms with Gasteiger partial charge in [-0.1, -0.05) is 0 Å². The smallest absolute Gasteiger partial charge is 0.266 e. The Morgan fingerprint density at radius 1 is 1.14 bits per heavy atom. The average Bonchev–Trinajstić information content (AvgIpc) is 3.49. The summed E-state index contributed by atoms with van der Waals surface area (Å²) in [7, 11) is -3.82. The zero-order chi connectivity index (χ0) is 20.1. The largest absolute Gasteiger partial charge is 0.494 e. The van der Waals surface area contributed by atoms with Gasteiger partial charge in [0.25, 0.3) is 5.56 Å². The Morgan fingerprint density at radius 2 is 1.89 bits per heavy atom. The van der Waals surface area contributed by atoms with E-state index in [2.05, 4.69) is 9.82 Å². The minimum Gasteiger partial charge on any atom is -0.494 e. The van der Waals surface area contributed by atoms with Crippen LogP contribution in [0.5, 0.6) is 11.5 Å². The van der Waals surface area contributed by atoms with Gasteiger partial charge >= 0.3 is 0 Å². The van der Waals surface area contributed by atoms with Crippen LogP contribution in [0.25, 0.3) is 0 Å². The molecule has 9 heteroatoms. The highest BCUT2D eigenvalue weighted by Crippen LogP contribution is 2.38. The van der Waals surface area contributed by atoms with Gasteiger partial charge in [0.05, 0.1) is 25.5 Å². The molecule has 0 radical (unpaired) electrons. The van der Waals surface area contributed by atoms with Crippen molar-refractivity contribution in [2.24, 2.45) is 0 Å². The summed E-state index contributed by atoms with van der Waals surface area (Å²) in [5.74, 6) is 1.19. The Labute approximate surface area is 164 Å². The molecule has 1 aromatic heterocycles. The molecular formula is C19H25N3O5S. The summed E-state index contributed by atoms with van der Waals surface area (Å²) in [5, 5.41) is 4.33. The zero-order valence-electron chi connectivity index (χ0n) is 16.1. The van der Waals surface area contributed by atoms with E-state index in [1.54, 1.807) is 25.1 Å². The molecule has 1 aliphatic rings. The molecule has 0 amide bonds. The van der Waals surface area contributed by atoms with Crippen molar-refractivity contribution in [2.45, 2.75) is 44.0 Å². The molecule has 1 aliphatic carbocycles. The summed E-state index contributed by atoms with van der Waals surface area (Å²) in [6, 6.07) is 7.83. The number of sulfonamides is 1. The van der Waals surface area contributed by atoms with E-state index in [9.17, 15) is 13.2 Å². The van der Waals surface area contributed by atoms with Crippen molar-refractivity contribution >= 4 is 10.0 Å². The minimum atomic E-state index is -3.82. The van der Waals surface area contributed by atoms with Gasteiger partial charge in [-0.3, -0.25) is 4.79 Å². The van der Waals surface area contributed by atoms with Gasteiger partial charge in [0.15, 0.2) is 0 Å². The van der Waals surface area contributed by atoms with Crippen LogP contribution in [0.3, 0.4) is 0 Å². The zero-order valence-corrected chi connectivity index (χ0v) is 16.9. The highest BCUT2D eigenvalue weighted by atomic mass is 32.2.